The fourth-order valence-corrected chi connectivity index (χ4v) is 2.02. The first-order valence-corrected chi connectivity index (χ1v) is 5.56. The van der Waals surface area contributed by atoms with Gasteiger partial charge in [-0.3, -0.25) is 4.68 Å². The van der Waals surface area contributed by atoms with Crippen molar-refractivity contribution in [3.63, 3.8) is 0 Å². The second kappa shape index (κ2) is 3.66. The molecule has 2 heterocycles. The molecule has 0 aliphatic carbocycles. The van der Waals surface area contributed by atoms with Crippen LogP contribution in [0.2, 0.25) is 0 Å². The van der Waals surface area contributed by atoms with E-state index in [9.17, 15) is 0 Å². The zero-order valence-corrected chi connectivity index (χ0v) is 9.86. The van der Waals surface area contributed by atoms with E-state index in [0.29, 0.717) is 0 Å². The topological polar surface area (TPSA) is 41.9 Å². The maximum Gasteiger partial charge on any atom is 0.0679 e. The van der Waals surface area contributed by atoms with E-state index >= 15 is 0 Å². The van der Waals surface area contributed by atoms with Gasteiger partial charge < -0.3 is 10.9 Å². The Kier molecular flexibility index (Phi) is 2.14. The molecule has 17 heavy (non-hydrogen) atoms. The number of aryl methyl sites for hydroxylation is 1. The van der Waals surface area contributed by atoms with E-state index in [1.807, 2.05) is 24.1 Å². The van der Waals surface area contributed by atoms with Gasteiger partial charge in [-0.1, -0.05) is 6.07 Å². The Morgan fingerprint density at radius 3 is 3.00 bits per heavy atom. The molecule has 1 aromatic heterocycles. The van der Waals surface area contributed by atoms with Crippen LogP contribution in [0.4, 0.5) is 0 Å². The van der Waals surface area contributed by atoms with E-state index in [-0.39, 0.29) is 0 Å². The highest BCUT2D eigenvalue weighted by Crippen LogP contribution is 2.21. The molecule has 0 atom stereocenters. The number of allylic oxidation sites excluding steroid dienone is 2. The lowest BCUT2D eigenvalue weighted by Crippen LogP contribution is -2.28. The average molecular weight is 226 g/mol. The molecule has 86 valence electrons. The van der Waals surface area contributed by atoms with Gasteiger partial charge in [0, 0.05) is 24.2 Å². The largest absolute Gasteiger partial charge is 0.308 e. The van der Waals surface area contributed by atoms with Gasteiger partial charge in [0.2, 0.25) is 0 Å². The molecule has 2 aromatic rings. The van der Waals surface area contributed by atoms with Gasteiger partial charge in [0.05, 0.1) is 17.4 Å². The highest BCUT2D eigenvalue weighted by molar-refractivity contribution is 5.83. The van der Waals surface area contributed by atoms with Crippen molar-refractivity contribution in [1.29, 1.82) is 0 Å². The molecule has 4 nitrogen and oxygen atoms in total. The lowest BCUT2D eigenvalue weighted by Gasteiger charge is -2.16. The van der Waals surface area contributed by atoms with Gasteiger partial charge in [-0.15, -0.1) is 0 Å². The Labute approximate surface area is 99.6 Å². The molecule has 1 aliphatic rings. The van der Waals surface area contributed by atoms with Gasteiger partial charge in [0.25, 0.3) is 0 Å². The van der Waals surface area contributed by atoms with Crippen molar-refractivity contribution in [2.24, 2.45) is 7.05 Å². The van der Waals surface area contributed by atoms with Crippen LogP contribution in [0.5, 0.6) is 0 Å². The van der Waals surface area contributed by atoms with Crippen LogP contribution < -0.4 is 10.9 Å². The Balaban J connectivity index is 2.09. The summed E-state index contributed by atoms with van der Waals surface area (Å²) in [4.78, 5) is 0. The van der Waals surface area contributed by atoms with Crippen LogP contribution in [0.1, 0.15) is 12.5 Å². The van der Waals surface area contributed by atoms with Crippen LogP contribution in [0.25, 0.3) is 16.6 Å². The van der Waals surface area contributed by atoms with Crippen LogP contribution in [0.3, 0.4) is 0 Å². The van der Waals surface area contributed by atoms with Crippen molar-refractivity contribution in [1.82, 2.24) is 20.6 Å². The monoisotopic (exact) mass is 226 g/mol. The number of aromatic nitrogens is 2. The third kappa shape index (κ3) is 1.67. The summed E-state index contributed by atoms with van der Waals surface area (Å²) in [6.07, 6.45) is 5.94. The van der Waals surface area contributed by atoms with Gasteiger partial charge in [0.15, 0.2) is 0 Å². The zero-order valence-electron chi connectivity index (χ0n) is 9.86. The molecular weight excluding hydrogens is 212 g/mol. The lowest BCUT2D eigenvalue weighted by molar-refractivity contribution is 0.778. The molecular formula is C13H14N4. The van der Waals surface area contributed by atoms with Crippen molar-refractivity contribution < 1.29 is 0 Å². The third-order valence-electron chi connectivity index (χ3n) is 2.94. The minimum atomic E-state index is 1.08. The van der Waals surface area contributed by atoms with Gasteiger partial charge >= 0.3 is 0 Å². The summed E-state index contributed by atoms with van der Waals surface area (Å²) in [5, 5.41) is 5.40. The van der Waals surface area contributed by atoms with E-state index in [1.165, 1.54) is 5.57 Å². The van der Waals surface area contributed by atoms with Crippen LogP contribution in [0, 0.1) is 0 Å². The van der Waals surface area contributed by atoms with Crippen molar-refractivity contribution >= 4 is 16.6 Å². The van der Waals surface area contributed by atoms with Crippen molar-refractivity contribution in [2.75, 3.05) is 0 Å². The molecule has 0 radical (unpaired) electrons. The Morgan fingerprint density at radius 2 is 2.18 bits per heavy atom. The maximum atomic E-state index is 4.25. The Hall–Kier alpha value is -2.23. The lowest BCUT2D eigenvalue weighted by atomic mass is 10.1. The van der Waals surface area contributed by atoms with Crippen LogP contribution in [-0.2, 0) is 7.05 Å². The molecule has 0 fully saturated rings. The number of hydrogen-bond donors (Lipinski definition) is 2. The van der Waals surface area contributed by atoms with Crippen molar-refractivity contribution in [3.05, 3.63) is 47.8 Å². The standard InChI is InChI=1S/C13H14N4/c1-9-5-12(16-14-7-9)10-3-4-13-11(6-10)8-15-17(13)2/h3-8,14,16H,1-2H3. The summed E-state index contributed by atoms with van der Waals surface area (Å²) in [5.74, 6) is 0. The summed E-state index contributed by atoms with van der Waals surface area (Å²) in [6.45, 7) is 2.07. The number of benzene rings is 1. The van der Waals surface area contributed by atoms with Crippen molar-refractivity contribution in [2.45, 2.75) is 6.92 Å². The van der Waals surface area contributed by atoms with Crippen LogP contribution in [0.15, 0.2) is 42.2 Å². The number of nitrogens with zero attached hydrogens (tertiary/aromatic N) is 2. The predicted octanol–water partition coefficient (Wildman–Crippen LogP) is 1.93. The molecule has 0 saturated carbocycles. The molecule has 0 bridgehead atoms. The quantitative estimate of drug-likeness (QED) is 0.780. The van der Waals surface area contributed by atoms with E-state index in [2.05, 4.69) is 47.1 Å². The molecule has 0 saturated heterocycles. The molecule has 2 N–H and O–H groups in total. The fourth-order valence-electron chi connectivity index (χ4n) is 2.02. The summed E-state index contributed by atoms with van der Waals surface area (Å²) < 4.78 is 1.88. The van der Waals surface area contributed by atoms with Crippen molar-refractivity contribution in [3.8, 4) is 0 Å². The van der Waals surface area contributed by atoms with Gasteiger partial charge in [-0.25, -0.2) is 0 Å². The number of hydrazine groups is 1. The van der Waals surface area contributed by atoms with E-state index in [1.54, 1.807) is 0 Å². The third-order valence-corrected chi connectivity index (χ3v) is 2.94. The average Bonchev–Trinajstić information content (AvgIpc) is 2.71. The van der Waals surface area contributed by atoms with E-state index < -0.39 is 0 Å². The van der Waals surface area contributed by atoms with Gasteiger partial charge in [-0.05, 0) is 30.7 Å². The molecule has 0 amide bonds. The highest BCUT2D eigenvalue weighted by Gasteiger charge is 2.07. The summed E-state index contributed by atoms with van der Waals surface area (Å²) in [6, 6.07) is 6.33. The van der Waals surface area contributed by atoms with Crippen LogP contribution >= 0.6 is 0 Å². The first-order valence-electron chi connectivity index (χ1n) is 5.56. The summed E-state index contributed by atoms with van der Waals surface area (Å²) >= 11 is 0. The second-order valence-electron chi connectivity index (χ2n) is 4.26. The number of fused-ring (bicyclic) bond motifs is 1. The minimum Gasteiger partial charge on any atom is -0.308 e. The zero-order chi connectivity index (χ0) is 11.8. The summed E-state index contributed by atoms with van der Waals surface area (Å²) in [7, 11) is 1.95. The molecule has 1 aliphatic heterocycles. The first-order chi connectivity index (χ1) is 8.24. The second-order valence-corrected chi connectivity index (χ2v) is 4.26. The van der Waals surface area contributed by atoms with E-state index in [0.717, 1.165) is 22.2 Å². The predicted molar refractivity (Wildman–Crippen MR) is 68.7 cm³/mol. The first kappa shape index (κ1) is 9.96. The summed E-state index contributed by atoms with van der Waals surface area (Å²) in [5.41, 5.74) is 10.8. The molecule has 3 rings (SSSR count). The number of rotatable bonds is 1. The Morgan fingerprint density at radius 1 is 1.29 bits per heavy atom. The van der Waals surface area contributed by atoms with Gasteiger partial charge in [-0.2, -0.15) is 5.10 Å². The van der Waals surface area contributed by atoms with E-state index in [4.69, 9.17) is 0 Å². The maximum absolute atomic E-state index is 4.25. The molecule has 0 spiro atoms. The SMILES string of the molecule is CC1=CNNC(c2ccc3c(cnn3C)c2)=C1. The molecule has 1 aromatic carbocycles. The fraction of sp³-hybridized carbons (Fsp3) is 0.154. The minimum absolute atomic E-state index is 1.08. The van der Waals surface area contributed by atoms with Gasteiger partial charge in [0.1, 0.15) is 0 Å². The normalized spacial score (nSPS) is 14.9. The highest BCUT2D eigenvalue weighted by atomic mass is 15.4. The number of hydrogen-bond acceptors (Lipinski definition) is 3. The molecule has 4 heteroatoms. The smallest absolute Gasteiger partial charge is 0.0679 e. The Bertz CT molecular complexity index is 634. The molecule has 0 unspecified atom stereocenters. The van der Waals surface area contributed by atoms with Crippen LogP contribution in [-0.4, -0.2) is 9.78 Å². The number of nitrogens with one attached hydrogen (secondary N) is 2.